The minimum atomic E-state index is -0.657. The lowest BCUT2D eigenvalue weighted by Crippen LogP contribution is -2.34. The van der Waals surface area contributed by atoms with E-state index in [1.165, 1.54) is 0 Å². The average molecular weight is 417 g/mol. The second-order valence-corrected chi connectivity index (χ2v) is 7.31. The fraction of sp³-hybridized carbons (Fsp3) is 0.231. The predicted octanol–water partition coefficient (Wildman–Crippen LogP) is 4.76. The minimum absolute atomic E-state index is 0.222. The summed E-state index contributed by atoms with van der Waals surface area (Å²) in [6.45, 7) is 4.35. The van der Waals surface area contributed by atoms with Crippen LogP contribution in [0.1, 0.15) is 34.8 Å². The number of aryl methyl sites for hydroxylation is 1. The van der Waals surface area contributed by atoms with Crippen molar-refractivity contribution in [2.75, 3.05) is 11.9 Å². The summed E-state index contributed by atoms with van der Waals surface area (Å²) in [6.07, 6.45) is 0.588. The van der Waals surface area contributed by atoms with E-state index in [2.05, 4.69) is 10.6 Å². The Bertz CT molecular complexity index is 1020. The molecule has 3 aromatic rings. The molecule has 0 aliphatic carbocycles. The number of ether oxygens (including phenoxy) is 1. The molecule has 0 radical (unpaired) electrons. The fourth-order valence-corrected chi connectivity index (χ4v) is 3.23. The number of nitrogens with one attached hydrogen (secondary N) is 2. The minimum Gasteiger partial charge on any atom is -0.480 e. The second-order valence-electron chi connectivity index (χ2n) is 7.31. The van der Waals surface area contributed by atoms with Crippen LogP contribution >= 0.6 is 0 Å². The van der Waals surface area contributed by atoms with Crippen LogP contribution in [-0.2, 0) is 11.2 Å². The van der Waals surface area contributed by atoms with Crippen LogP contribution in [0.2, 0.25) is 0 Å². The van der Waals surface area contributed by atoms with E-state index in [0.29, 0.717) is 30.0 Å². The number of rotatable bonds is 9. The summed E-state index contributed by atoms with van der Waals surface area (Å²) in [5.41, 5.74) is 3.02. The molecular formula is C26H28N2O3. The molecule has 0 bridgehead atoms. The molecule has 160 valence electrons. The molecule has 0 aliphatic heterocycles. The van der Waals surface area contributed by atoms with E-state index in [1.54, 1.807) is 24.3 Å². The van der Waals surface area contributed by atoms with Crippen LogP contribution in [0.15, 0.2) is 78.9 Å². The summed E-state index contributed by atoms with van der Waals surface area (Å²) in [7, 11) is 0. The standard InChI is InChI=1S/C26H28N2O3/c1-3-23(31-24-16-10-7-11-19(24)2)26(30)28-22-15-9-8-14-21(22)25(29)27-18-17-20-12-5-4-6-13-20/h4-16,23H,3,17-18H2,1-2H3,(H,27,29)(H,28,30)/t23-/m1/s1. The molecule has 0 saturated heterocycles. The van der Waals surface area contributed by atoms with Gasteiger partial charge in [0, 0.05) is 6.54 Å². The first-order chi connectivity index (χ1) is 15.1. The maximum absolute atomic E-state index is 12.9. The Balaban J connectivity index is 1.64. The molecule has 0 fully saturated rings. The van der Waals surface area contributed by atoms with Gasteiger partial charge in [0.05, 0.1) is 11.3 Å². The van der Waals surface area contributed by atoms with Gasteiger partial charge in [-0.05, 0) is 49.1 Å². The number of hydrogen-bond acceptors (Lipinski definition) is 3. The molecule has 3 aromatic carbocycles. The summed E-state index contributed by atoms with van der Waals surface area (Å²) in [5.74, 6) is 0.173. The quantitative estimate of drug-likeness (QED) is 0.528. The molecule has 0 unspecified atom stereocenters. The number of hydrogen-bond donors (Lipinski definition) is 2. The smallest absolute Gasteiger partial charge is 0.265 e. The summed E-state index contributed by atoms with van der Waals surface area (Å²) in [4.78, 5) is 25.6. The summed E-state index contributed by atoms with van der Waals surface area (Å²) in [6, 6.07) is 24.6. The van der Waals surface area contributed by atoms with E-state index in [1.807, 2.05) is 68.4 Å². The molecule has 0 spiro atoms. The topological polar surface area (TPSA) is 67.4 Å². The summed E-state index contributed by atoms with van der Waals surface area (Å²) < 4.78 is 5.93. The molecule has 0 aromatic heterocycles. The van der Waals surface area contributed by atoms with Crippen molar-refractivity contribution >= 4 is 17.5 Å². The van der Waals surface area contributed by atoms with Gasteiger partial charge in [-0.3, -0.25) is 9.59 Å². The van der Waals surface area contributed by atoms with E-state index in [0.717, 1.165) is 17.5 Å². The molecular weight excluding hydrogens is 388 g/mol. The molecule has 2 amide bonds. The molecule has 3 rings (SSSR count). The zero-order chi connectivity index (χ0) is 22.1. The summed E-state index contributed by atoms with van der Waals surface area (Å²) in [5, 5.41) is 5.80. The van der Waals surface area contributed by atoms with E-state index in [-0.39, 0.29) is 11.8 Å². The van der Waals surface area contributed by atoms with E-state index in [4.69, 9.17) is 4.74 Å². The average Bonchev–Trinajstić information content (AvgIpc) is 2.79. The van der Waals surface area contributed by atoms with Crippen LogP contribution in [-0.4, -0.2) is 24.5 Å². The molecule has 1 atom stereocenters. The van der Waals surface area contributed by atoms with Crippen molar-refractivity contribution < 1.29 is 14.3 Å². The highest BCUT2D eigenvalue weighted by Crippen LogP contribution is 2.21. The Labute approximate surface area is 183 Å². The third-order valence-electron chi connectivity index (χ3n) is 5.00. The van der Waals surface area contributed by atoms with Gasteiger partial charge in [-0.1, -0.05) is 67.6 Å². The Morgan fingerprint density at radius 1 is 0.903 bits per heavy atom. The molecule has 5 nitrogen and oxygen atoms in total. The highest BCUT2D eigenvalue weighted by Gasteiger charge is 2.21. The number of benzene rings is 3. The maximum atomic E-state index is 12.9. The van der Waals surface area contributed by atoms with Crippen molar-refractivity contribution in [3.05, 3.63) is 95.6 Å². The van der Waals surface area contributed by atoms with Crippen molar-refractivity contribution in [3.63, 3.8) is 0 Å². The number of anilines is 1. The van der Waals surface area contributed by atoms with E-state index in [9.17, 15) is 9.59 Å². The molecule has 31 heavy (non-hydrogen) atoms. The largest absolute Gasteiger partial charge is 0.480 e. The predicted molar refractivity (Wildman–Crippen MR) is 123 cm³/mol. The van der Waals surface area contributed by atoms with Gasteiger partial charge < -0.3 is 15.4 Å². The number of amides is 2. The van der Waals surface area contributed by atoms with Gasteiger partial charge in [-0.15, -0.1) is 0 Å². The van der Waals surface area contributed by atoms with Gasteiger partial charge in [-0.25, -0.2) is 0 Å². The third-order valence-corrected chi connectivity index (χ3v) is 5.00. The van der Waals surface area contributed by atoms with Gasteiger partial charge in [-0.2, -0.15) is 0 Å². The lowest BCUT2D eigenvalue weighted by Gasteiger charge is -2.19. The Morgan fingerprint density at radius 2 is 1.58 bits per heavy atom. The van der Waals surface area contributed by atoms with Crippen LogP contribution in [0, 0.1) is 6.92 Å². The molecule has 0 aliphatic rings. The van der Waals surface area contributed by atoms with Gasteiger partial charge in [0.15, 0.2) is 6.10 Å². The fourth-order valence-electron chi connectivity index (χ4n) is 3.23. The second kappa shape index (κ2) is 11.0. The first kappa shape index (κ1) is 22.1. The van der Waals surface area contributed by atoms with Crippen molar-refractivity contribution in [2.24, 2.45) is 0 Å². The van der Waals surface area contributed by atoms with Crippen molar-refractivity contribution in [1.29, 1.82) is 0 Å². The zero-order valence-corrected chi connectivity index (χ0v) is 17.9. The first-order valence-electron chi connectivity index (χ1n) is 10.5. The first-order valence-corrected chi connectivity index (χ1v) is 10.5. The number of carbonyl (C=O) groups is 2. The molecule has 2 N–H and O–H groups in total. The number of para-hydroxylation sites is 2. The molecule has 0 saturated carbocycles. The molecule has 5 heteroatoms. The third kappa shape index (κ3) is 6.19. The zero-order valence-electron chi connectivity index (χ0n) is 17.9. The van der Waals surface area contributed by atoms with Crippen molar-refractivity contribution in [3.8, 4) is 5.75 Å². The van der Waals surface area contributed by atoms with E-state index < -0.39 is 6.10 Å². The molecule has 0 heterocycles. The van der Waals surface area contributed by atoms with E-state index >= 15 is 0 Å². The normalized spacial score (nSPS) is 11.4. The Morgan fingerprint density at radius 3 is 2.32 bits per heavy atom. The Kier molecular flexibility index (Phi) is 7.82. The van der Waals surface area contributed by atoms with Gasteiger partial charge in [0.25, 0.3) is 11.8 Å². The van der Waals surface area contributed by atoms with Crippen molar-refractivity contribution in [1.82, 2.24) is 5.32 Å². The Hall–Kier alpha value is -3.60. The highest BCUT2D eigenvalue weighted by molar-refractivity contribution is 6.04. The van der Waals surface area contributed by atoms with Gasteiger partial charge in [0.2, 0.25) is 0 Å². The summed E-state index contributed by atoms with van der Waals surface area (Å²) >= 11 is 0. The van der Waals surface area contributed by atoms with Crippen LogP contribution in [0.5, 0.6) is 5.75 Å². The lowest BCUT2D eigenvalue weighted by molar-refractivity contribution is -0.122. The van der Waals surface area contributed by atoms with Crippen LogP contribution in [0.25, 0.3) is 0 Å². The van der Waals surface area contributed by atoms with Crippen LogP contribution in [0.4, 0.5) is 5.69 Å². The maximum Gasteiger partial charge on any atom is 0.265 e. The SMILES string of the molecule is CC[C@@H](Oc1ccccc1C)C(=O)Nc1ccccc1C(=O)NCCc1ccccc1. The van der Waals surface area contributed by atoms with Gasteiger partial charge in [0.1, 0.15) is 5.75 Å². The van der Waals surface area contributed by atoms with Crippen LogP contribution < -0.4 is 15.4 Å². The monoisotopic (exact) mass is 416 g/mol. The van der Waals surface area contributed by atoms with Crippen LogP contribution in [0.3, 0.4) is 0 Å². The number of carbonyl (C=O) groups excluding carboxylic acids is 2. The highest BCUT2D eigenvalue weighted by atomic mass is 16.5. The lowest BCUT2D eigenvalue weighted by atomic mass is 10.1. The van der Waals surface area contributed by atoms with Crippen molar-refractivity contribution in [2.45, 2.75) is 32.8 Å². The van der Waals surface area contributed by atoms with Gasteiger partial charge >= 0.3 is 0 Å².